The quantitative estimate of drug-likeness (QED) is 0.814. The van der Waals surface area contributed by atoms with E-state index < -0.39 is 0 Å². The molecule has 2 aliphatic rings. The average molecular weight is 348 g/mol. The highest BCUT2D eigenvalue weighted by Crippen LogP contribution is 2.36. The van der Waals surface area contributed by atoms with Crippen molar-refractivity contribution >= 4 is 27.5 Å². The largest absolute Gasteiger partial charge is 0.489 e. The van der Waals surface area contributed by atoms with Crippen molar-refractivity contribution in [1.82, 2.24) is 0 Å². The van der Waals surface area contributed by atoms with Crippen LogP contribution in [0.3, 0.4) is 0 Å². The molecule has 3 rings (SSSR count). The van der Waals surface area contributed by atoms with Gasteiger partial charge in [0, 0.05) is 30.3 Å². The highest BCUT2D eigenvalue weighted by Gasteiger charge is 2.41. The smallest absolute Gasteiger partial charge is 0.139 e. The molecule has 2 fully saturated rings. The Morgan fingerprint density at radius 3 is 3.05 bits per heavy atom. The van der Waals surface area contributed by atoms with Crippen molar-refractivity contribution in [2.75, 3.05) is 19.8 Å². The number of halogens is 2. The topological polar surface area (TPSA) is 27.7 Å². The van der Waals surface area contributed by atoms with E-state index in [1.165, 1.54) is 0 Å². The van der Waals surface area contributed by atoms with Gasteiger partial charge in [0.15, 0.2) is 0 Å². The maximum atomic E-state index is 6.16. The zero-order valence-corrected chi connectivity index (χ0v) is 12.9. The van der Waals surface area contributed by atoms with Crippen LogP contribution in [0.2, 0.25) is 5.02 Å². The van der Waals surface area contributed by atoms with Crippen molar-refractivity contribution in [2.24, 2.45) is 0 Å². The second-order valence-electron chi connectivity index (χ2n) is 5.14. The molecule has 19 heavy (non-hydrogen) atoms. The Morgan fingerprint density at radius 1 is 1.37 bits per heavy atom. The molecule has 2 aliphatic heterocycles. The first-order chi connectivity index (χ1) is 9.17. The summed E-state index contributed by atoms with van der Waals surface area (Å²) in [5.74, 6) is 0.733. The van der Waals surface area contributed by atoms with Crippen molar-refractivity contribution in [3.8, 4) is 5.75 Å². The highest BCUT2D eigenvalue weighted by atomic mass is 79.9. The Morgan fingerprint density at radius 2 is 2.26 bits per heavy atom. The zero-order chi connectivity index (χ0) is 13.3. The molecule has 1 spiro atoms. The van der Waals surface area contributed by atoms with Crippen LogP contribution in [0, 0.1) is 0 Å². The summed E-state index contributed by atoms with van der Waals surface area (Å²) in [6.07, 6.45) is 2.86. The van der Waals surface area contributed by atoms with Crippen LogP contribution in [-0.2, 0) is 9.47 Å². The third kappa shape index (κ3) is 3.07. The highest BCUT2D eigenvalue weighted by molar-refractivity contribution is 9.10. The maximum absolute atomic E-state index is 6.16. The van der Waals surface area contributed by atoms with Crippen LogP contribution in [0.25, 0.3) is 0 Å². The molecule has 2 saturated heterocycles. The molecule has 2 heterocycles. The molecule has 104 valence electrons. The molecule has 0 saturated carbocycles. The molecule has 0 aromatic heterocycles. The van der Waals surface area contributed by atoms with Gasteiger partial charge < -0.3 is 14.2 Å². The van der Waals surface area contributed by atoms with Gasteiger partial charge in [-0.15, -0.1) is 0 Å². The predicted molar refractivity (Wildman–Crippen MR) is 76.9 cm³/mol. The SMILES string of the molecule is Clc1ccc(Br)cc1OC1CCOC2(CCOC2)C1. The number of hydrogen-bond acceptors (Lipinski definition) is 3. The summed E-state index contributed by atoms with van der Waals surface area (Å²) in [7, 11) is 0. The van der Waals surface area contributed by atoms with E-state index in [4.69, 9.17) is 25.8 Å². The van der Waals surface area contributed by atoms with Gasteiger partial charge in [-0.3, -0.25) is 0 Å². The minimum Gasteiger partial charge on any atom is -0.489 e. The summed E-state index contributed by atoms with van der Waals surface area (Å²) < 4.78 is 18.4. The second-order valence-corrected chi connectivity index (χ2v) is 6.46. The number of rotatable bonds is 2. The zero-order valence-electron chi connectivity index (χ0n) is 10.5. The van der Waals surface area contributed by atoms with E-state index in [1.54, 1.807) is 0 Å². The van der Waals surface area contributed by atoms with Crippen molar-refractivity contribution < 1.29 is 14.2 Å². The molecule has 0 amide bonds. The predicted octanol–water partition coefficient (Wildman–Crippen LogP) is 3.82. The summed E-state index contributed by atoms with van der Waals surface area (Å²) in [5, 5.41) is 0.645. The Hall–Kier alpha value is -0.290. The first-order valence-electron chi connectivity index (χ1n) is 6.50. The third-order valence-corrected chi connectivity index (χ3v) is 4.51. The van der Waals surface area contributed by atoms with Gasteiger partial charge in [-0.05, 0) is 18.2 Å². The molecule has 1 aromatic rings. The van der Waals surface area contributed by atoms with Gasteiger partial charge in [0.25, 0.3) is 0 Å². The summed E-state index contributed by atoms with van der Waals surface area (Å²) in [5.41, 5.74) is -0.137. The van der Waals surface area contributed by atoms with Crippen LogP contribution >= 0.6 is 27.5 Å². The molecular weight excluding hydrogens is 332 g/mol. The van der Waals surface area contributed by atoms with Gasteiger partial charge in [0.1, 0.15) is 11.9 Å². The van der Waals surface area contributed by atoms with Crippen LogP contribution in [0.15, 0.2) is 22.7 Å². The summed E-state index contributed by atoms with van der Waals surface area (Å²) in [4.78, 5) is 0. The first-order valence-corrected chi connectivity index (χ1v) is 7.67. The van der Waals surface area contributed by atoms with Crippen LogP contribution in [0.4, 0.5) is 0 Å². The van der Waals surface area contributed by atoms with E-state index in [2.05, 4.69) is 15.9 Å². The lowest BCUT2D eigenvalue weighted by Crippen LogP contribution is -2.44. The third-order valence-electron chi connectivity index (χ3n) is 3.70. The van der Waals surface area contributed by atoms with Gasteiger partial charge in [0.2, 0.25) is 0 Å². The van der Waals surface area contributed by atoms with Gasteiger partial charge in [0.05, 0.1) is 23.8 Å². The van der Waals surface area contributed by atoms with Crippen LogP contribution in [-0.4, -0.2) is 31.5 Å². The lowest BCUT2D eigenvalue weighted by Gasteiger charge is -2.37. The normalized spacial score (nSPS) is 30.7. The van der Waals surface area contributed by atoms with E-state index in [9.17, 15) is 0 Å². The minimum atomic E-state index is -0.137. The van der Waals surface area contributed by atoms with Gasteiger partial charge in [-0.2, -0.15) is 0 Å². The summed E-state index contributed by atoms with van der Waals surface area (Å²) >= 11 is 9.60. The van der Waals surface area contributed by atoms with Crippen molar-refractivity contribution in [3.05, 3.63) is 27.7 Å². The van der Waals surface area contributed by atoms with E-state index in [1.807, 2.05) is 18.2 Å². The molecule has 2 atom stereocenters. The van der Waals surface area contributed by atoms with Crippen molar-refractivity contribution in [1.29, 1.82) is 0 Å². The first kappa shape index (κ1) is 13.7. The molecule has 0 N–H and O–H groups in total. The monoisotopic (exact) mass is 346 g/mol. The fraction of sp³-hybridized carbons (Fsp3) is 0.571. The van der Waals surface area contributed by atoms with Crippen molar-refractivity contribution in [3.63, 3.8) is 0 Å². The van der Waals surface area contributed by atoms with E-state index in [-0.39, 0.29) is 11.7 Å². The fourth-order valence-corrected chi connectivity index (χ4v) is 3.20. The molecule has 0 aliphatic carbocycles. The van der Waals surface area contributed by atoms with Crippen LogP contribution < -0.4 is 4.74 Å². The Labute approximate surface area is 126 Å². The lowest BCUT2D eigenvalue weighted by molar-refractivity contribution is -0.112. The Balaban J connectivity index is 1.70. The number of ether oxygens (including phenoxy) is 3. The van der Waals surface area contributed by atoms with E-state index in [0.717, 1.165) is 42.7 Å². The van der Waals surface area contributed by atoms with Gasteiger partial charge in [-0.25, -0.2) is 0 Å². The Kier molecular flexibility index (Phi) is 4.03. The number of hydrogen-bond donors (Lipinski definition) is 0. The average Bonchev–Trinajstić information content (AvgIpc) is 2.82. The fourth-order valence-electron chi connectivity index (χ4n) is 2.69. The lowest BCUT2D eigenvalue weighted by atomic mass is 9.91. The molecular formula is C14H16BrClO3. The minimum absolute atomic E-state index is 0.137. The number of benzene rings is 1. The van der Waals surface area contributed by atoms with E-state index >= 15 is 0 Å². The van der Waals surface area contributed by atoms with Gasteiger partial charge in [-0.1, -0.05) is 27.5 Å². The summed E-state index contributed by atoms with van der Waals surface area (Å²) in [6, 6.07) is 5.66. The van der Waals surface area contributed by atoms with Crippen LogP contribution in [0.1, 0.15) is 19.3 Å². The molecule has 5 heteroatoms. The molecule has 1 aromatic carbocycles. The molecule has 0 radical (unpaired) electrons. The maximum Gasteiger partial charge on any atom is 0.139 e. The van der Waals surface area contributed by atoms with Crippen LogP contribution in [0.5, 0.6) is 5.75 Å². The van der Waals surface area contributed by atoms with E-state index in [0.29, 0.717) is 11.6 Å². The molecule has 2 unspecified atom stereocenters. The second kappa shape index (κ2) is 5.60. The Bertz CT molecular complexity index is 460. The molecule has 3 nitrogen and oxygen atoms in total. The molecule has 0 bridgehead atoms. The standard InChI is InChI=1S/C14H16BrClO3/c15-10-1-2-12(16)13(7-10)19-11-3-5-18-14(8-11)4-6-17-9-14/h1-2,7,11H,3-6,8-9H2. The van der Waals surface area contributed by atoms with Gasteiger partial charge >= 0.3 is 0 Å². The van der Waals surface area contributed by atoms with Crippen molar-refractivity contribution in [2.45, 2.75) is 31.0 Å². The summed E-state index contributed by atoms with van der Waals surface area (Å²) in [6.45, 7) is 2.18.